The number of hydrogen-bond donors (Lipinski definition) is 3. The van der Waals surface area contributed by atoms with Crippen molar-refractivity contribution in [1.29, 1.82) is 0 Å². The molecule has 1 aliphatic heterocycles. The van der Waals surface area contributed by atoms with Crippen LogP contribution < -0.4 is 4.72 Å². The maximum Gasteiger partial charge on any atom is 0.490 e. The third kappa shape index (κ3) is 9.61. The van der Waals surface area contributed by atoms with E-state index in [0.29, 0.717) is 44.5 Å². The van der Waals surface area contributed by atoms with Crippen LogP contribution in [0.3, 0.4) is 0 Å². The summed E-state index contributed by atoms with van der Waals surface area (Å²) in [6.45, 7) is 3.55. The fourth-order valence-electron chi connectivity index (χ4n) is 2.84. The van der Waals surface area contributed by atoms with E-state index in [-0.39, 0.29) is 17.4 Å². The van der Waals surface area contributed by atoms with Crippen LogP contribution in [0.1, 0.15) is 42.1 Å². The molecule has 0 unspecified atom stereocenters. The number of hydrogen-bond acceptors (Lipinski definition) is 5. The number of likely N-dealkylation sites (tertiary alicyclic amines) is 1. The Morgan fingerprint density at radius 3 is 2.16 bits per heavy atom. The highest BCUT2D eigenvalue weighted by Gasteiger charge is 2.38. The molecule has 1 heterocycles. The van der Waals surface area contributed by atoms with Crippen molar-refractivity contribution in [3.8, 4) is 0 Å². The molecule has 176 valence electrons. The van der Waals surface area contributed by atoms with Crippen LogP contribution in [-0.4, -0.2) is 66.5 Å². The number of halogens is 4. The Hall–Kier alpha value is -2.25. The van der Waals surface area contributed by atoms with Gasteiger partial charge in [-0.3, -0.25) is 4.90 Å². The largest absolute Gasteiger partial charge is 0.490 e. The molecule has 1 fully saturated rings. The van der Waals surface area contributed by atoms with Gasteiger partial charge in [0.05, 0.1) is 11.3 Å². The zero-order valence-electron chi connectivity index (χ0n) is 16.7. The molecule has 1 aliphatic rings. The number of piperidine rings is 1. The lowest BCUT2D eigenvalue weighted by Crippen LogP contribution is -2.44. The quantitative estimate of drug-likeness (QED) is 0.521. The van der Waals surface area contributed by atoms with E-state index >= 15 is 0 Å². The molecule has 0 aromatic heterocycles. The van der Waals surface area contributed by atoms with E-state index in [9.17, 15) is 30.8 Å². The van der Waals surface area contributed by atoms with E-state index in [4.69, 9.17) is 15.0 Å². The van der Waals surface area contributed by atoms with E-state index in [0.717, 1.165) is 6.07 Å². The van der Waals surface area contributed by atoms with Crippen LogP contribution in [0.4, 0.5) is 17.6 Å². The minimum atomic E-state index is -5.08. The van der Waals surface area contributed by atoms with Gasteiger partial charge in [0, 0.05) is 31.2 Å². The standard InChI is InChI=1S/C16H23FN2O4S.C2HF3O2/c1-2-9-24(22,23)18-14-5-7-19(8-6-14)11-13-4-3-12(16(20)21)10-15(13)17;3-2(4,5)1(6)7/h3-4,10,14,18H,2,5-9,11H2,1H3,(H,20,21);(H,6,7). The second kappa shape index (κ2) is 11.4. The monoisotopic (exact) mass is 472 g/mol. The molecule has 8 nitrogen and oxygen atoms in total. The zero-order valence-corrected chi connectivity index (χ0v) is 17.5. The summed E-state index contributed by atoms with van der Waals surface area (Å²) in [6, 6.07) is 3.85. The number of sulfonamides is 1. The number of carbonyl (C=O) groups is 2. The maximum atomic E-state index is 14.0. The molecular weight excluding hydrogens is 448 g/mol. The molecule has 0 aliphatic carbocycles. The summed E-state index contributed by atoms with van der Waals surface area (Å²) in [5.74, 6) is -4.30. The van der Waals surface area contributed by atoms with E-state index in [1.807, 2.05) is 11.8 Å². The van der Waals surface area contributed by atoms with Crippen LogP contribution in [-0.2, 0) is 21.4 Å². The fourth-order valence-corrected chi connectivity index (χ4v) is 4.24. The first-order valence-corrected chi connectivity index (χ1v) is 10.9. The summed E-state index contributed by atoms with van der Waals surface area (Å²) in [5.41, 5.74) is 0.380. The van der Waals surface area contributed by atoms with Crippen molar-refractivity contribution >= 4 is 22.0 Å². The SMILES string of the molecule is CCCS(=O)(=O)NC1CCN(Cc2ccc(C(=O)O)cc2F)CC1.O=C(O)C(F)(F)F. The molecule has 13 heteroatoms. The lowest BCUT2D eigenvalue weighted by atomic mass is 10.0. The molecule has 0 atom stereocenters. The van der Waals surface area contributed by atoms with Gasteiger partial charge >= 0.3 is 18.1 Å². The van der Waals surface area contributed by atoms with Crippen LogP contribution in [0, 0.1) is 5.82 Å². The molecule has 1 aromatic rings. The molecule has 1 saturated heterocycles. The summed E-state index contributed by atoms with van der Waals surface area (Å²) < 4.78 is 72.0. The van der Waals surface area contributed by atoms with Gasteiger partial charge in [-0.15, -0.1) is 0 Å². The fraction of sp³-hybridized carbons (Fsp3) is 0.556. The van der Waals surface area contributed by atoms with Crippen LogP contribution >= 0.6 is 0 Å². The maximum absolute atomic E-state index is 14.0. The number of benzene rings is 1. The van der Waals surface area contributed by atoms with Crippen molar-refractivity contribution in [3.05, 3.63) is 35.1 Å². The molecule has 0 spiro atoms. The van der Waals surface area contributed by atoms with Gasteiger partial charge in [0.1, 0.15) is 5.82 Å². The Kier molecular flexibility index (Phi) is 9.84. The molecule has 0 amide bonds. The van der Waals surface area contributed by atoms with Crippen LogP contribution in [0.2, 0.25) is 0 Å². The van der Waals surface area contributed by atoms with Crippen molar-refractivity contribution in [2.24, 2.45) is 0 Å². The van der Waals surface area contributed by atoms with Crippen LogP contribution in [0.15, 0.2) is 18.2 Å². The molecule has 2 rings (SSSR count). The van der Waals surface area contributed by atoms with Crippen molar-refractivity contribution in [2.45, 2.75) is 44.9 Å². The number of nitrogens with one attached hydrogen (secondary N) is 1. The number of nitrogens with zero attached hydrogens (tertiary/aromatic N) is 1. The number of alkyl halides is 3. The van der Waals surface area contributed by atoms with Gasteiger partial charge in [0.2, 0.25) is 10.0 Å². The molecule has 0 radical (unpaired) electrons. The highest BCUT2D eigenvalue weighted by atomic mass is 32.2. The second-order valence-corrected chi connectivity index (χ2v) is 8.77. The van der Waals surface area contributed by atoms with Gasteiger partial charge in [-0.25, -0.2) is 27.1 Å². The number of carboxylic acids is 2. The smallest absolute Gasteiger partial charge is 0.478 e. The topological polar surface area (TPSA) is 124 Å². The van der Waals surface area contributed by atoms with E-state index in [1.165, 1.54) is 12.1 Å². The van der Waals surface area contributed by atoms with Crippen molar-refractivity contribution in [1.82, 2.24) is 9.62 Å². The minimum absolute atomic E-state index is 0.0692. The van der Waals surface area contributed by atoms with E-state index in [2.05, 4.69) is 4.72 Å². The van der Waals surface area contributed by atoms with Gasteiger partial charge in [0.25, 0.3) is 0 Å². The van der Waals surface area contributed by atoms with Gasteiger partial charge in [-0.2, -0.15) is 13.2 Å². The van der Waals surface area contributed by atoms with Gasteiger partial charge < -0.3 is 10.2 Å². The molecule has 1 aromatic carbocycles. The Morgan fingerprint density at radius 1 is 1.19 bits per heavy atom. The minimum Gasteiger partial charge on any atom is -0.478 e. The number of aromatic carboxylic acids is 1. The van der Waals surface area contributed by atoms with Crippen molar-refractivity contribution < 1.29 is 45.8 Å². The van der Waals surface area contributed by atoms with E-state index < -0.39 is 34.0 Å². The summed E-state index contributed by atoms with van der Waals surface area (Å²) in [6.07, 6.45) is -3.14. The first-order valence-electron chi connectivity index (χ1n) is 9.29. The van der Waals surface area contributed by atoms with Crippen LogP contribution in [0.5, 0.6) is 0 Å². The number of rotatable bonds is 7. The Labute approximate surface area is 176 Å². The average molecular weight is 472 g/mol. The second-order valence-electron chi connectivity index (χ2n) is 6.90. The van der Waals surface area contributed by atoms with Gasteiger partial charge in [0.15, 0.2) is 0 Å². The third-order valence-electron chi connectivity index (χ3n) is 4.34. The molecule has 31 heavy (non-hydrogen) atoms. The molecule has 0 saturated carbocycles. The normalized spacial score (nSPS) is 15.8. The predicted molar refractivity (Wildman–Crippen MR) is 103 cm³/mol. The summed E-state index contributed by atoms with van der Waals surface area (Å²) >= 11 is 0. The van der Waals surface area contributed by atoms with E-state index in [1.54, 1.807) is 0 Å². The molecule has 3 N–H and O–H groups in total. The Morgan fingerprint density at radius 2 is 1.74 bits per heavy atom. The summed E-state index contributed by atoms with van der Waals surface area (Å²) in [7, 11) is -3.21. The summed E-state index contributed by atoms with van der Waals surface area (Å²) in [4.78, 5) is 21.8. The lowest BCUT2D eigenvalue weighted by molar-refractivity contribution is -0.192. The summed E-state index contributed by atoms with van der Waals surface area (Å²) in [5, 5.41) is 16.0. The highest BCUT2D eigenvalue weighted by Crippen LogP contribution is 2.18. The van der Waals surface area contributed by atoms with Crippen molar-refractivity contribution in [3.63, 3.8) is 0 Å². The Bertz CT molecular complexity index is 868. The first kappa shape index (κ1) is 26.8. The van der Waals surface area contributed by atoms with Crippen LogP contribution in [0.25, 0.3) is 0 Å². The third-order valence-corrected chi connectivity index (χ3v) is 5.98. The first-order chi connectivity index (χ1) is 14.2. The van der Waals surface area contributed by atoms with Crippen molar-refractivity contribution in [2.75, 3.05) is 18.8 Å². The Balaban J connectivity index is 0.000000592. The lowest BCUT2D eigenvalue weighted by Gasteiger charge is -2.32. The zero-order chi connectivity index (χ0) is 23.8. The van der Waals surface area contributed by atoms with Gasteiger partial charge in [-0.05, 0) is 31.4 Å². The predicted octanol–water partition coefficient (Wildman–Crippen LogP) is 2.45. The van der Waals surface area contributed by atoms with Gasteiger partial charge in [-0.1, -0.05) is 13.0 Å². The molecular formula is C18H24F4N2O6S. The molecule has 0 bridgehead atoms. The number of carboxylic acid groups (broad SMARTS) is 2. The highest BCUT2D eigenvalue weighted by molar-refractivity contribution is 7.89. The number of aliphatic carboxylic acids is 1. The average Bonchev–Trinajstić information content (AvgIpc) is 2.64.